The van der Waals surface area contributed by atoms with Crippen molar-refractivity contribution in [3.8, 4) is 0 Å². The molecule has 3 rings (SSSR count). The largest absolute Gasteiger partial charge is 0.328 e. The van der Waals surface area contributed by atoms with E-state index in [2.05, 4.69) is 4.98 Å². The highest BCUT2D eigenvalue weighted by atomic mass is 35.5. The van der Waals surface area contributed by atoms with Gasteiger partial charge in [0.1, 0.15) is 0 Å². The zero-order valence-corrected chi connectivity index (χ0v) is 10.0. The van der Waals surface area contributed by atoms with Gasteiger partial charge in [0, 0.05) is 29.5 Å². The molecule has 0 saturated heterocycles. The van der Waals surface area contributed by atoms with E-state index in [4.69, 9.17) is 11.6 Å². The first-order chi connectivity index (χ1) is 7.74. The molecule has 1 aliphatic rings. The van der Waals surface area contributed by atoms with E-state index >= 15 is 0 Å². The minimum absolute atomic E-state index is 0.0621. The standard InChI is InChI=1S/C10H10ClN3OS/c11-9-12-5-8(16-9)6-13-3-4-14(10(13)15)7-1-2-7/h3-5,7H,1-2,6H2. The number of halogens is 1. The first-order valence-corrected chi connectivity index (χ1v) is 6.31. The van der Waals surface area contributed by atoms with Crippen LogP contribution >= 0.6 is 22.9 Å². The smallest absolute Gasteiger partial charge is 0.296 e. The molecule has 16 heavy (non-hydrogen) atoms. The maximum absolute atomic E-state index is 11.9. The van der Waals surface area contributed by atoms with Crippen LogP contribution in [0.25, 0.3) is 0 Å². The van der Waals surface area contributed by atoms with Crippen molar-refractivity contribution in [1.29, 1.82) is 0 Å². The fraction of sp³-hybridized carbons (Fsp3) is 0.400. The van der Waals surface area contributed by atoms with Crippen molar-refractivity contribution < 1.29 is 0 Å². The van der Waals surface area contributed by atoms with Crippen LogP contribution < -0.4 is 5.69 Å². The molecule has 84 valence electrons. The molecular weight excluding hydrogens is 246 g/mol. The summed E-state index contributed by atoms with van der Waals surface area (Å²) >= 11 is 7.16. The van der Waals surface area contributed by atoms with Crippen LogP contribution in [0.4, 0.5) is 0 Å². The van der Waals surface area contributed by atoms with Crippen molar-refractivity contribution in [2.75, 3.05) is 0 Å². The molecule has 4 nitrogen and oxygen atoms in total. The molecule has 2 aromatic rings. The van der Waals surface area contributed by atoms with E-state index in [0.29, 0.717) is 17.1 Å². The minimum atomic E-state index is 0.0621. The highest BCUT2D eigenvalue weighted by Gasteiger charge is 2.25. The van der Waals surface area contributed by atoms with Crippen LogP contribution in [0.1, 0.15) is 23.8 Å². The Balaban J connectivity index is 1.87. The van der Waals surface area contributed by atoms with Crippen LogP contribution in [0.5, 0.6) is 0 Å². The Morgan fingerprint density at radius 1 is 1.50 bits per heavy atom. The molecular formula is C10H10ClN3OS. The number of aromatic nitrogens is 3. The Labute approximate surface area is 101 Å². The first-order valence-electron chi connectivity index (χ1n) is 5.11. The Morgan fingerprint density at radius 2 is 2.31 bits per heavy atom. The van der Waals surface area contributed by atoms with Crippen molar-refractivity contribution >= 4 is 22.9 Å². The lowest BCUT2D eigenvalue weighted by molar-refractivity contribution is 0.658. The molecule has 1 aliphatic carbocycles. The highest BCUT2D eigenvalue weighted by Crippen LogP contribution is 2.33. The van der Waals surface area contributed by atoms with Gasteiger partial charge >= 0.3 is 5.69 Å². The molecule has 2 heterocycles. The van der Waals surface area contributed by atoms with Gasteiger partial charge in [-0.05, 0) is 12.8 Å². The van der Waals surface area contributed by atoms with E-state index in [1.807, 2.05) is 17.0 Å². The van der Waals surface area contributed by atoms with Crippen molar-refractivity contribution in [3.63, 3.8) is 0 Å². The normalized spacial score (nSPS) is 15.6. The zero-order valence-electron chi connectivity index (χ0n) is 8.47. The SMILES string of the molecule is O=c1n(Cc2cnc(Cl)s2)ccn1C1CC1. The van der Waals surface area contributed by atoms with Gasteiger partial charge in [-0.25, -0.2) is 9.78 Å². The van der Waals surface area contributed by atoms with Crippen molar-refractivity contribution in [2.45, 2.75) is 25.4 Å². The van der Waals surface area contributed by atoms with E-state index in [1.165, 1.54) is 11.3 Å². The number of nitrogens with zero attached hydrogens (tertiary/aromatic N) is 3. The maximum atomic E-state index is 11.9. The zero-order chi connectivity index (χ0) is 11.1. The van der Waals surface area contributed by atoms with Crippen molar-refractivity contribution in [2.24, 2.45) is 0 Å². The van der Waals surface area contributed by atoms with Gasteiger partial charge in [0.2, 0.25) is 0 Å². The lowest BCUT2D eigenvalue weighted by Gasteiger charge is -1.98. The Kier molecular flexibility index (Phi) is 2.37. The molecule has 2 aromatic heterocycles. The summed E-state index contributed by atoms with van der Waals surface area (Å²) in [6.07, 6.45) is 7.65. The first kappa shape index (κ1) is 10.1. The number of imidazole rings is 1. The fourth-order valence-corrected chi connectivity index (χ4v) is 2.68. The molecule has 1 fully saturated rings. The molecule has 0 amide bonds. The number of hydrogen-bond donors (Lipinski definition) is 0. The predicted molar refractivity (Wildman–Crippen MR) is 63.2 cm³/mol. The average Bonchev–Trinajstić information content (AvgIpc) is 2.93. The number of thiazole rings is 1. The van der Waals surface area contributed by atoms with Crippen LogP contribution in [0.15, 0.2) is 23.4 Å². The van der Waals surface area contributed by atoms with E-state index in [1.54, 1.807) is 10.8 Å². The summed E-state index contributed by atoms with van der Waals surface area (Å²) in [5.74, 6) is 0. The quantitative estimate of drug-likeness (QED) is 0.843. The van der Waals surface area contributed by atoms with E-state index in [-0.39, 0.29) is 5.69 Å². The summed E-state index contributed by atoms with van der Waals surface area (Å²) in [6.45, 7) is 0.558. The van der Waals surface area contributed by atoms with Gasteiger partial charge in [0.25, 0.3) is 0 Å². The van der Waals surface area contributed by atoms with Crippen LogP contribution in [0.2, 0.25) is 4.47 Å². The van der Waals surface area contributed by atoms with Gasteiger partial charge in [-0.15, -0.1) is 11.3 Å². The van der Waals surface area contributed by atoms with E-state index in [9.17, 15) is 4.79 Å². The molecule has 0 radical (unpaired) electrons. The number of rotatable bonds is 3. The molecule has 6 heteroatoms. The molecule has 0 atom stereocenters. The lowest BCUT2D eigenvalue weighted by atomic mass is 10.5. The lowest BCUT2D eigenvalue weighted by Crippen LogP contribution is -2.23. The predicted octanol–water partition coefficient (Wildman–Crippen LogP) is 2.14. The van der Waals surface area contributed by atoms with E-state index < -0.39 is 0 Å². The summed E-state index contributed by atoms with van der Waals surface area (Å²) in [7, 11) is 0. The van der Waals surface area contributed by atoms with Gasteiger partial charge < -0.3 is 0 Å². The monoisotopic (exact) mass is 255 g/mol. The third-order valence-corrected chi connectivity index (χ3v) is 3.77. The van der Waals surface area contributed by atoms with Crippen LogP contribution in [0.3, 0.4) is 0 Å². The molecule has 0 aromatic carbocycles. The molecule has 0 unspecified atom stereocenters. The van der Waals surface area contributed by atoms with Gasteiger partial charge in [-0.3, -0.25) is 9.13 Å². The third-order valence-electron chi connectivity index (χ3n) is 2.67. The average molecular weight is 256 g/mol. The third kappa shape index (κ3) is 1.81. The van der Waals surface area contributed by atoms with Crippen molar-refractivity contribution in [1.82, 2.24) is 14.1 Å². The summed E-state index contributed by atoms with van der Waals surface area (Å²) in [6, 6.07) is 0.429. The van der Waals surface area contributed by atoms with Crippen LogP contribution in [0, 0.1) is 0 Å². The Bertz CT molecular complexity index is 567. The molecule has 0 spiro atoms. The number of hydrogen-bond acceptors (Lipinski definition) is 3. The molecule has 0 N–H and O–H groups in total. The van der Waals surface area contributed by atoms with Gasteiger partial charge in [-0.2, -0.15) is 0 Å². The van der Waals surface area contributed by atoms with Crippen molar-refractivity contribution in [3.05, 3.63) is 38.4 Å². The highest BCUT2D eigenvalue weighted by molar-refractivity contribution is 7.15. The topological polar surface area (TPSA) is 39.8 Å². The van der Waals surface area contributed by atoms with E-state index in [0.717, 1.165) is 17.7 Å². The molecule has 1 saturated carbocycles. The van der Waals surface area contributed by atoms with Crippen LogP contribution in [-0.2, 0) is 6.54 Å². The summed E-state index contributed by atoms with van der Waals surface area (Å²) in [5, 5.41) is 0. The van der Waals surface area contributed by atoms with Gasteiger partial charge in [-0.1, -0.05) is 11.6 Å². The Morgan fingerprint density at radius 3 is 2.94 bits per heavy atom. The van der Waals surface area contributed by atoms with Gasteiger partial charge in [0.15, 0.2) is 4.47 Å². The summed E-state index contributed by atoms with van der Waals surface area (Å²) in [4.78, 5) is 16.9. The van der Waals surface area contributed by atoms with Crippen LogP contribution in [-0.4, -0.2) is 14.1 Å². The fourth-order valence-electron chi connectivity index (χ4n) is 1.70. The molecule has 0 aliphatic heterocycles. The second kappa shape index (κ2) is 3.75. The maximum Gasteiger partial charge on any atom is 0.328 e. The second-order valence-electron chi connectivity index (χ2n) is 3.93. The van der Waals surface area contributed by atoms with Gasteiger partial charge in [0.05, 0.1) is 6.54 Å². The molecule has 0 bridgehead atoms. The Hall–Kier alpha value is -1.07. The second-order valence-corrected chi connectivity index (χ2v) is 5.62. The summed E-state index contributed by atoms with van der Waals surface area (Å²) in [5.41, 5.74) is 0.0621. The summed E-state index contributed by atoms with van der Waals surface area (Å²) < 4.78 is 4.02. The minimum Gasteiger partial charge on any atom is -0.296 e.